The molecule has 114 valence electrons. The smallest absolute Gasteiger partial charge is 0.251 e. The Labute approximate surface area is 121 Å². The van der Waals surface area contributed by atoms with E-state index in [-0.39, 0.29) is 17.1 Å². The van der Waals surface area contributed by atoms with Gasteiger partial charge in [-0.05, 0) is 17.9 Å². The molecule has 1 atom stereocenters. The predicted octanol–water partition coefficient (Wildman–Crippen LogP) is 2.25. The van der Waals surface area contributed by atoms with E-state index in [1.165, 1.54) is 6.07 Å². The first-order chi connectivity index (χ1) is 9.24. The quantitative estimate of drug-likeness (QED) is 0.839. The third-order valence-corrected chi connectivity index (χ3v) is 2.94. The minimum atomic E-state index is -0.236. The van der Waals surface area contributed by atoms with Crippen molar-refractivity contribution in [3.05, 3.63) is 27.9 Å². The second-order valence-corrected chi connectivity index (χ2v) is 6.63. The van der Waals surface area contributed by atoms with Crippen LogP contribution in [-0.2, 0) is 11.3 Å². The minimum Gasteiger partial charge on any atom is -0.373 e. The number of nitrogens with one attached hydrogen (secondary N) is 2. The Morgan fingerprint density at radius 3 is 2.55 bits per heavy atom. The largest absolute Gasteiger partial charge is 0.373 e. The lowest BCUT2D eigenvalue weighted by Gasteiger charge is -2.28. The molecule has 0 fully saturated rings. The number of aromatic nitrogens is 2. The lowest BCUT2D eigenvalue weighted by atomic mass is 9.88. The van der Waals surface area contributed by atoms with E-state index in [1.807, 2.05) is 0 Å². The number of nitrogens with zero attached hydrogens (tertiary/aromatic N) is 1. The van der Waals surface area contributed by atoms with Crippen LogP contribution in [0.5, 0.6) is 0 Å². The first kappa shape index (κ1) is 16.9. The summed E-state index contributed by atoms with van der Waals surface area (Å²) in [5, 5.41) is 3.30. The van der Waals surface area contributed by atoms with Crippen LogP contribution in [0.2, 0.25) is 0 Å². The topological polar surface area (TPSA) is 67.0 Å². The van der Waals surface area contributed by atoms with Gasteiger partial charge in [0.2, 0.25) is 0 Å². The van der Waals surface area contributed by atoms with Gasteiger partial charge in [-0.2, -0.15) is 0 Å². The van der Waals surface area contributed by atoms with Gasteiger partial charge in [0.05, 0.1) is 5.69 Å². The summed E-state index contributed by atoms with van der Waals surface area (Å²) >= 11 is 0. The van der Waals surface area contributed by atoms with E-state index in [0.717, 1.165) is 12.2 Å². The van der Waals surface area contributed by atoms with Gasteiger partial charge in [0.15, 0.2) is 0 Å². The first-order valence-electron chi connectivity index (χ1n) is 7.07. The lowest BCUT2D eigenvalue weighted by molar-refractivity contribution is 0.00832. The Bertz CT molecular complexity index is 475. The fraction of sp³-hybridized carbons (Fsp3) is 0.733. The SMILES string of the molecule is COC(c1nc(CNCC(C)C)cc(=O)[nH]1)C(C)(C)C. The van der Waals surface area contributed by atoms with Crippen LogP contribution in [0.4, 0.5) is 0 Å². The molecular weight excluding hydrogens is 254 g/mol. The zero-order chi connectivity index (χ0) is 15.3. The van der Waals surface area contributed by atoms with Crippen molar-refractivity contribution in [3.63, 3.8) is 0 Å². The summed E-state index contributed by atoms with van der Waals surface area (Å²) in [5.41, 5.74) is 0.479. The van der Waals surface area contributed by atoms with Gasteiger partial charge in [-0.15, -0.1) is 0 Å². The van der Waals surface area contributed by atoms with Crippen LogP contribution in [0.3, 0.4) is 0 Å². The monoisotopic (exact) mass is 281 g/mol. The van der Waals surface area contributed by atoms with Crippen molar-refractivity contribution < 1.29 is 4.74 Å². The van der Waals surface area contributed by atoms with Crippen molar-refractivity contribution in [1.29, 1.82) is 0 Å². The van der Waals surface area contributed by atoms with Crippen molar-refractivity contribution in [1.82, 2.24) is 15.3 Å². The van der Waals surface area contributed by atoms with Gasteiger partial charge in [-0.1, -0.05) is 34.6 Å². The molecule has 1 heterocycles. The number of ether oxygens (including phenoxy) is 1. The number of hydrogen-bond donors (Lipinski definition) is 2. The highest BCUT2D eigenvalue weighted by Crippen LogP contribution is 2.33. The van der Waals surface area contributed by atoms with Crippen LogP contribution in [0.25, 0.3) is 0 Å². The van der Waals surface area contributed by atoms with E-state index in [2.05, 4.69) is 49.9 Å². The van der Waals surface area contributed by atoms with Gasteiger partial charge in [0, 0.05) is 19.7 Å². The standard InChI is InChI=1S/C15H27N3O2/c1-10(2)8-16-9-11-7-12(19)18-14(17-11)13(20-6)15(3,4)5/h7,10,13,16H,8-9H2,1-6H3,(H,17,18,19). The molecule has 0 aliphatic rings. The highest BCUT2D eigenvalue weighted by molar-refractivity contribution is 5.06. The molecule has 0 aliphatic carbocycles. The van der Waals surface area contributed by atoms with Gasteiger partial charge in [-0.25, -0.2) is 4.98 Å². The molecule has 2 N–H and O–H groups in total. The number of H-pyrrole nitrogens is 1. The summed E-state index contributed by atoms with van der Waals surface area (Å²) in [6.45, 7) is 12.0. The van der Waals surface area contributed by atoms with Gasteiger partial charge < -0.3 is 15.0 Å². The van der Waals surface area contributed by atoms with Crippen LogP contribution in [0.1, 0.15) is 52.2 Å². The Balaban J connectivity index is 2.93. The molecule has 1 aromatic heterocycles. The minimum absolute atomic E-state index is 0.130. The maximum absolute atomic E-state index is 11.8. The summed E-state index contributed by atoms with van der Waals surface area (Å²) < 4.78 is 5.50. The summed E-state index contributed by atoms with van der Waals surface area (Å²) in [6.07, 6.45) is -0.236. The molecule has 5 heteroatoms. The number of hydrogen-bond acceptors (Lipinski definition) is 4. The Hall–Kier alpha value is -1.20. The van der Waals surface area contributed by atoms with Gasteiger partial charge >= 0.3 is 0 Å². The van der Waals surface area contributed by atoms with Crippen LogP contribution in [0, 0.1) is 11.3 Å². The van der Waals surface area contributed by atoms with E-state index in [0.29, 0.717) is 18.3 Å². The van der Waals surface area contributed by atoms with Crippen LogP contribution in [0.15, 0.2) is 10.9 Å². The molecule has 0 saturated heterocycles. The fourth-order valence-corrected chi connectivity index (χ4v) is 2.11. The Morgan fingerprint density at radius 1 is 1.40 bits per heavy atom. The number of methoxy groups -OCH3 is 1. The van der Waals surface area contributed by atoms with Crippen LogP contribution < -0.4 is 10.9 Å². The molecule has 0 radical (unpaired) electrons. The molecule has 20 heavy (non-hydrogen) atoms. The second-order valence-electron chi connectivity index (χ2n) is 6.63. The van der Waals surface area contributed by atoms with E-state index in [4.69, 9.17) is 4.74 Å². The third kappa shape index (κ3) is 5.06. The zero-order valence-electron chi connectivity index (χ0n) is 13.4. The maximum atomic E-state index is 11.8. The van der Waals surface area contributed by atoms with E-state index in [1.54, 1.807) is 7.11 Å². The molecule has 0 bridgehead atoms. The summed E-state index contributed by atoms with van der Waals surface area (Å²) in [5.74, 6) is 1.16. The number of rotatable bonds is 6. The van der Waals surface area contributed by atoms with Gasteiger partial charge in [0.1, 0.15) is 11.9 Å². The molecule has 0 aliphatic heterocycles. The van der Waals surface area contributed by atoms with Crippen molar-refractivity contribution in [2.75, 3.05) is 13.7 Å². The molecule has 1 aromatic rings. The predicted molar refractivity (Wildman–Crippen MR) is 80.6 cm³/mol. The molecule has 1 rings (SSSR count). The third-order valence-electron chi connectivity index (χ3n) is 2.94. The summed E-state index contributed by atoms with van der Waals surface area (Å²) in [6, 6.07) is 1.53. The van der Waals surface area contributed by atoms with Crippen LogP contribution >= 0.6 is 0 Å². The highest BCUT2D eigenvalue weighted by atomic mass is 16.5. The molecule has 5 nitrogen and oxygen atoms in total. The average molecular weight is 281 g/mol. The highest BCUT2D eigenvalue weighted by Gasteiger charge is 2.28. The van der Waals surface area contributed by atoms with Crippen LogP contribution in [-0.4, -0.2) is 23.6 Å². The number of aromatic amines is 1. The van der Waals surface area contributed by atoms with E-state index >= 15 is 0 Å². The first-order valence-corrected chi connectivity index (χ1v) is 7.07. The molecule has 1 unspecified atom stereocenters. The Morgan fingerprint density at radius 2 is 2.05 bits per heavy atom. The zero-order valence-corrected chi connectivity index (χ0v) is 13.4. The van der Waals surface area contributed by atoms with E-state index < -0.39 is 0 Å². The summed E-state index contributed by atoms with van der Waals surface area (Å²) in [4.78, 5) is 19.1. The lowest BCUT2D eigenvalue weighted by Crippen LogP contribution is -2.27. The normalized spacial score (nSPS) is 13.8. The molecule has 0 amide bonds. The molecular formula is C15H27N3O2. The van der Waals surface area contributed by atoms with E-state index in [9.17, 15) is 4.79 Å². The summed E-state index contributed by atoms with van der Waals surface area (Å²) in [7, 11) is 1.64. The Kier molecular flexibility index (Phi) is 5.89. The fourth-order valence-electron chi connectivity index (χ4n) is 2.11. The van der Waals surface area contributed by atoms with Crippen molar-refractivity contribution >= 4 is 0 Å². The molecule has 0 spiro atoms. The maximum Gasteiger partial charge on any atom is 0.251 e. The molecule has 0 saturated carbocycles. The average Bonchev–Trinajstić information content (AvgIpc) is 2.26. The van der Waals surface area contributed by atoms with Crippen molar-refractivity contribution in [3.8, 4) is 0 Å². The van der Waals surface area contributed by atoms with Crippen molar-refractivity contribution in [2.24, 2.45) is 11.3 Å². The van der Waals surface area contributed by atoms with Gasteiger partial charge in [-0.3, -0.25) is 4.79 Å². The van der Waals surface area contributed by atoms with Gasteiger partial charge in [0.25, 0.3) is 5.56 Å². The van der Waals surface area contributed by atoms with Crippen molar-refractivity contribution in [2.45, 2.75) is 47.3 Å². The second kappa shape index (κ2) is 6.99. The molecule has 0 aromatic carbocycles.